The summed E-state index contributed by atoms with van der Waals surface area (Å²) in [6, 6.07) is 15.1. The fraction of sp³-hybridized carbons (Fsp3) is 0.278. The summed E-state index contributed by atoms with van der Waals surface area (Å²) in [7, 11) is 0. The average molecular weight is 296 g/mol. The Balaban J connectivity index is 2.02. The number of fused-ring (bicyclic) bond motifs is 1. The lowest BCUT2D eigenvalue weighted by atomic mass is 10.0. The molecule has 0 fully saturated rings. The molecule has 1 aromatic heterocycles. The maximum absolute atomic E-state index is 5.49. The molecule has 3 heteroatoms. The van der Waals surface area contributed by atoms with E-state index >= 15 is 0 Å². The molecular weight excluding hydrogens is 276 g/mol. The second kappa shape index (κ2) is 5.49. The highest BCUT2D eigenvalue weighted by molar-refractivity contribution is 7.71. The lowest BCUT2D eigenvalue weighted by Gasteiger charge is -2.09. The third-order valence-electron chi connectivity index (χ3n) is 3.98. The van der Waals surface area contributed by atoms with E-state index in [0.717, 1.165) is 16.8 Å². The predicted molar refractivity (Wildman–Crippen MR) is 91.5 cm³/mol. The quantitative estimate of drug-likeness (QED) is 0.660. The molecule has 1 heterocycles. The highest BCUT2D eigenvalue weighted by Crippen LogP contribution is 2.21. The molecular formula is C18H20N2S. The molecule has 0 atom stereocenters. The molecule has 0 saturated carbocycles. The van der Waals surface area contributed by atoms with E-state index in [9.17, 15) is 0 Å². The SMILES string of the molecule is Cc1cccc2[nH]c(=S)n(Cc3ccc(C(C)C)cc3)c12. The van der Waals surface area contributed by atoms with E-state index in [1.54, 1.807) is 0 Å². The van der Waals surface area contributed by atoms with E-state index in [0.29, 0.717) is 5.92 Å². The van der Waals surface area contributed by atoms with Gasteiger partial charge in [-0.1, -0.05) is 50.2 Å². The summed E-state index contributed by atoms with van der Waals surface area (Å²) in [6.45, 7) is 7.37. The van der Waals surface area contributed by atoms with Crippen LogP contribution < -0.4 is 0 Å². The van der Waals surface area contributed by atoms with Gasteiger partial charge in [0.05, 0.1) is 17.6 Å². The summed E-state index contributed by atoms with van der Waals surface area (Å²) in [4.78, 5) is 3.30. The highest BCUT2D eigenvalue weighted by Gasteiger charge is 2.07. The average Bonchev–Trinajstić information content (AvgIpc) is 2.77. The van der Waals surface area contributed by atoms with E-state index < -0.39 is 0 Å². The van der Waals surface area contributed by atoms with Gasteiger partial charge in [-0.05, 0) is 47.8 Å². The molecule has 0 saturated heterocycles. The highest BCUT2D eigenvalue weighted by atomic mass is 32.1. The maximum Gasteiger partial charge on any atom is 0.178 e. The Morgan fingerprint density at radius 2 is 1.81 bits per heavy atom. The molecule has 2 aromatic carbocycles. The Morgan fingerprint density at radius 1 is 1.10 bits per heavy atom. The van der Waals surface area contributed by atoms with Gasteiger partial charge in [0, 0.05) is 0 Å². The number of nitrogens with one attached hydrogen (secondary N) is 1. The van der Waals surface area contributed by atoms with Crippen LogP contribution in [0.15, 0.2) is 42.5 Å². The van der Waals surface area contributed by atoms with Crippen LogP contribution >= 0.6 is 12.2 Å². The van der Waals surface area contributed by atoms with Gasteiger partial charge in [-0.15, -0.1) is 0 Å². The first-order chi connectivity index (χ1) is 10.1. The number of aromatic nitrogens is 2. The van der Waals surface area contributed by atoms with Gasteiger partial charge in [0.25, 0.3) is 0 Å². The van der Waals surface area contributed by atoms with Crippen molar-refractivity contribution in [1.82, 2.24) is 9.55 Å². The number of rotatable bonds is 3. The Morgan fingerprint density at radius 3 is 2.48 bits per heavy atom. The summed E-state index contributed by atoms with van der Waals surface area (Å²) in [6.07, 6.45) is 0. The molecule has 0 aliphatic carbocycles. The van der Waals surface area contributed by atoms with Crippen molar-refractivity contribution in [1.29, 1.82) is 0 Å². The van der Waals surface area contributed by atoms with Gasteiger partial charge in [-0.2, -0.15) is 0 Å². The summed E-state index contributed by atoms with van der Waals surface area (Å²) < 4.78 is 2.97. The Hall–Kier alpha value is -1.87. The van der Waals surface area contributed by atoms with E-state index in [-0.39, 0.29) is 0 Å². The van der Waals surface area contributed by atoms with Gasteiger partial charge >= 0.3 is 0 Å². The smallest absolute Gasteiger partial charge is 0.178 e. The molecule has 2 nitrogen and oxygen atoms in total. The zero-order chi connectivity index (χ0) is 15.0. The van der Waals surface area contributed by atoms with Crippen molar-refractivity contribution < 1.29 is 0 Å². The summed E-state index contributed by atoms with van der Waals surface area (Å²) in [5.41, 5.74) is 6.21. The number of H-pyrrole nitrogens is 1. The molecule has 3 rings (SSSR count). The van der Waals surface area contributed by atoms with Crippen LogP contribution in [-0.4, -0.2) is 9.55 Å². The number of hydrogen-bond donors (Lipinski definition) is 1. The van der Waals surface area contributed by atoms with Crippen LogP contribution in [0.3, 0.4) is 0 Å². The molecule has 0 amide bonds. The molecule has 0 unspecified atom stereocenters. The van der Waals surface area contributed by atoms with Crippen molar-refractivity contribution in [3.05, 3.63) is 63.9 Å². The van der Waals surface area contributed by atoms with E-state index in [1.165, 1.54) is 22.2 Å². The van der Waals surface area contributed by atoms with Crippen LogP contribution in [0.5, 0.6) is 0 Å². The molecule has 0 bridgehead atoms. The third-order valence-corrected chi connectivity index (χ3v) is 4.30. The standard InChI is InChI=1S/C18H20N2S/c1-12(2)15-9-7-14(8-10-15)11-20-17-13(3)5-4-6-16(17)19-18(20)21/h4-10,12H,11H2,1-3H3,(H,19,21). The molecule has 108 valence electrons. The van der Waals surface area contributed by atoms with Gasteiger partial charge in [0.15, 0.2) is 4.77 Å². The second-order valence-electron chi connectivity index (χ2n) is 5.88. The summed E-state index contributed by atoms with van der Waals surface area (Å²) in [5, 5.41) is 0. The van der Waals surface area contributed by atoms with Crippen LogP contribution in [0.1, 0.15) is 36.5 Å². The minimum atomic E-state index is 0.566. The van der Waals surface area contributed by atoms with Crippen LogP contribution in [0.2, 0.25) is 0 Å². The van der Waals surface area contributed by atoms with Crippen molar-refractivity contribution in [3.63, 3.8) is 0 Å². The first-order valence-electron chi connectivity index (χ1n) is 7.33. The van der Waals surface area contributed by atoms with Gasteiger partial charge in [-0.25, -0.2) is 0 Å². The lowest BCUT2D eigenvalue weighted by Crippen LogP contribution is -2.01. The number of imidazole rings is 1. The summed E-state index contributed by atoms with van der Waals surface area (Å²) in [5.74, 6) is 0.566. The van der Waals surface area contributed by atoms with E-state index in [4.69, 9.17) is 12.2 Å². The predicted octanol–water partition coefficient (Wildman–Crippen LogP) is 5.18. The summed E-state index contributed by atoms with van der Waals surface area (Å²) >= 11 is 5.49. The van der Waals surface area contributed by atoms with Crippen molar-refractivity contribution in [2.24, 2.45) is 0 Å². The van der Waals surface area contributed by atoms with Crippen LogP contribution in [0, 0.1) is 11.7 Å². The van der Waals surface area contributed by atoms with Gasteiger partial charge in [-0.3, -0.25) is 0 Å². The second-order valence-corrected chi connectivity index (χ2v) is 6.27. The van der Waals surface area contributed by atoms with Crippen LogP contribution in [0.25, 0.3) is 11.0 Å². The minimum Gasteiger partial charge on any atom is -0.331 e. The van der Waals surface area contributed by atoms with E-state index in [2.05, 4.69) is 72.8 Å². The molecule has 0 aliphatic rings. The van der Waals surface area contributed by atoms with Crippen molar-refractivity contribution in [2.75, 3.05) is 0 Å². The fourth-order valence-electron chi connectivity index (χ4n) is 2.74. The molecule has 0 aliphatic heterocycles. The number of para-hydroxylation sites is 1. The number of aromatic amines is 1. The van der Waals surface area contributed by atoms with Crippen molar-refractivity contribution in [2.45, 2.75) is 33.2 Å². The minimum absolute atomic E-state index is 0.566. The molecule has 0 spiro atoms. The molecule has 0 radical (unpaired) electrons. The van der Waals surface area contributed by atoms with Gasteiger partial charge in [0.1, 0.15) is 0 Å². The third kappa shape index (κ3) is 2.66. The maximum atomic E-state index is 5.49. The monoisotopic (exact) mass is 296 g/mol. The topological polar surface area (TPSA) is 20.7 Å². The Kier molecular flexibility index (Phi) is 3.68. The number of hydrogen-bond acceptors (Lipinski definition) is 1. The molecule has 3 aromatic rings. The Bertz CT molecular complexity index is 823. The Labute approximate surface area is 130 Å². The fourth-order valence-corrected chi connectivity index (χ4v) is 3.01. The largest absolute Gasteiger partial charge is 0.331 e. The zero-order valence-corrected chi connectivity index (χ0v) is 13.5. The van der Waals surface area contributed by atoms with Gasteiger partial charge < -0.3 is 9.55 Å². The zero-order valence-electron chi connectivity index (χ0n) is 12.7. The lowest BCUT2D eigenvalue weighted by molar-refractivity contribution is 0.804. The first-order valence-corrected chi connectivity index (χ1v) is 7.74. The van der Waals surface area contributed by atoms with Crippen LogP contribution in [0.4, 0.5) is 0 Å². The molecule has 21 heavy (non-hydrogen) atoms. The normalized spacial score (nSPS) is 11.4. The number of nitrogens with zero attached hydrogens (tertiary/aromatic N) is 1. The number of benzene rings is 2. The van der Waals surface area contributed by atoms with Crippen LogP contribution in [-0.2, 0) is 6.54 Å². The van der Waals surface area contributed by atoms with Crippen molar-refractivity contribution >= 4 is 23.3 Å². The van der Waals surface area contributed by atoms with Gasteiger partial charge in [0.2, 0.25) is 0 Å². The molecule has 1 N–H and O–H groups in total. The van der Waals surface area contributed by atoms with E-state index in [1.807, 2.05) is 0 Å². The number of aryl methyl sites for hydroxylation is 1. The first kappa shape index (κ1) is 14.1. The van der Waals surface area contributed by atoms with Crippen molar-refractivity contribution in [3.8, 4) is 0 Å².